The first-order chi connectivity index (χ1) is 9.36. The molecule has 0 aromatic carbocycles. The summed E-state index contributed by atoms with van der Waals surface area (Å²) in [4.78, 5) is 10.1. The first-order valence-electron chi connectivity index (χ1n) is 4.54. The molecule has 1 heterocycles. The number of carbonyl (C=O) groups is 1. The molecule has 0 radical (unpaired) electrons. The van der Waals surface area contributed by atoms with Gasteiger partial charge in [-0.05, 0) is 0 Å². The van der Waals surface area contributed by atoms with Crippen LogP contribution in [0.2, 0.25) is 0 Å². The van der Waals surface area contributed by atoms with Crippen LogP contribution < -0.4 is 0 Å². The average molecular weight is 360 g/mol. The average Bonchev–Trinajstić information content (AvgIpc) is 2.49. The predicted molar refractivity (Wildman–Crippen MR) is 36.9 cm³/mol. The number of hydrogen-bond acceptors (Lipinski definition) is 3. The smallest absolute Gasteiger partial charge is 0.284 e. The molecule has 0 aromatic rings. The summed E-state index contributed by atoms with van der Waals surface area (Å²) in [6, 6.07) is -4.17. The lowest BCUT2D eigenvalue weighted by Gasteiger charge is -2.31. The summed E-state index contributed by atoms with van der Waals surface area (Å²) >= 11 is 0. The summed E-state index contributed by atoms with van der Waals surface area (Å²) in [6.45, 7) is 0. The van der Waals surface area contributed by atoms with Crippen molar-refractivity contribution in [2.75, 3.05) is 0 Å². The summed E-state index contributed by atoms with van der Waals surface area (Å²) in [5, 5.41) is 0. The SMILES string of the molecule is O=C(F)C1(C(F)(F)F)OC(F)(C(F)(F)F)C(F)(C(F)(F)F)O1. The summed E-state index contributed by atoms with van der Waals surface area (Å²) in [5.74, 6) is -19.8. The molecule has 0 aliphatic carbocycles. The van der Waals surface area contributed by atoms with E-state index in [4.69, 9.17) is 0 Å². The Morgan fingerprint density at radius 1 is 0.682 bits per heavy atom. The van der Waals surface area contributed by atoms with Crippen LogP contribution in [0, 0.1) is 0 Å². The van der Waals surface area contributed by atoms with Gasteiger partial charge in [0.25, 0.3) is 0 Å². The predicted octanol–water partition coefficient (Wildman–Crippen LogP) is 3.24. The van der Waals surface area contributed by atoms with Crippen LogP contribution in [0.3, 0.4) is 0 Å². The summed E-state index contributed by atoms with van der Waals surface area (Å²) < 4.78 is 154. The normalized spacial score (nSPS) is 37.5. The van der Waals surface area contributed by atoms with Crippen LogP contribution in [0.15, 0.2) is 0 Å². The molecule has 1 saturated heterocycles. The van der Waals surface area contributed by atoms with E-state index >= 15 is 0 Å². The Morgan fingerprint density at radius 3 is 1.09 bits per heavy atom. The summed E-state index contributed by atoms with van der Waals surface area (Å²) in [7, 11) is 0. The van der Waals surface area contributed by atoms with Crippen LogP contribution >= 0.6 is 0 Å². The third kappa shape index (κ3) is 2.12. The maximum Gasteiger partial charge on any atom is 0.455 e. The Morgan fingerprint density at radius 2 is 0.955 bits per heavy atom. The molecule has 0 amide bonds. The monoisotopic (exact) mass is 360 g/mol. The minimum atomic E-state index is -7.11. The minimum Gasteiger partial charge on any atom is -0.284 e. The topological polar surface area (TPSA) is 35.5 Å². The van der Waals surface area contributed by atoms with Gasteiger partial charge >= 0.3 is 42.1 Å². The van der Waals surface area contributed by atoms with E-state index in [1.807, 2.05) is 0 Å². The van der Waals surface area contributed by atoms with Gasteiger partial charge in [-0.2, -0.15) is 52.7 Å². The van der Waals surface area contributed by atoms with Gasteiger partial charge in [-0.15, -0.1) is 0 Å². The summed E-state index contributed by atoms with van der Waals surface area (Å²) in [6.07, 6.45) is -21.0. The molecule has 3 nitrogen and oxygen atoms in total. The lowest BCUT2D eigenvalue weighted by atomic mass is 10.1. The van der Waals surface area contributed by atoms with Gasteiger partial charge in [-0.25, -0.2) is 0 Å². The molecule has 0 spiro atoms. The highest BCUT2D eigenvalue weighted by Crippen LogP contribution is 2.63. The lowest BCUT2D eigenvalue weighted by molar-refractivity contribution is -0.422. The molecule has 0 saturated carbocycles. The van der Waals surface area contributed by atoms with Gasteiger partial charge in [0.2, 0.25) is 0 Å². The van der Waals surface area contributed by atoms with Gasteiger partial charge < -0.3 is 0 Å². The Hall–Kier alpha value is -1.25. The van der Waals surface area contributed by atoms with E-state index in [2.05, 4.69) is 9.47 Å². The van der Waals surface area contributed by atoms with Crippen LogP contribution in [0.25, 0.3) is 0 Å². The highest BCUT2D eigenvalue weighted by Gasteiger charge is 2.94. The molecule has 2 unspecified atom stereocenters. The van der Waals surface area contributed by atoms with Crippen molar-refractivity contribution >= 4 is 6.04 Å². The van der Waals surface area contributed by atoms with Crippen LogP contribution in [0.4, 0.5) is 52.7 Å². The van der Waals surface area contributed by atoms with Crippen molar-refractivity contribution in [1.82, 2.24) is 0 Å². The van der Waals surface area contributed by atoms with Gasteiger partial charge in [0.05, 0.1) is 0 Å². The molecule has 1 aliphatic rings. The van der Waals surface area contributed by atoms with Gasteiger partial charge in [-0.1, -0.05) is 0 Å². The molecule has 0 bridgehead atoms. The van der Waals surface area contributed by atoms with Gasteiger partial charge in [-0.3, -0.25) is 14.3 Å². The molecule has 0 N–H and O–H groups in total. The van der Waals surface area contributed by atoms with Crippen LogP contribution in [0.5, 0.6) is 0 Å². The third-order valence-electron chi connectivity index (χ3n) is 2.34. The van der Waals surface area contributed by atoms with E-state index in [1.54, 1.807) is 0 Å². The first-order valence-corrected chi connectivity index (χ1v) is 4.54. The fraction of sp³-hybridized carbons (Fsp3) is 0.857. The molecule has 0 aromatic heterocycles. The van der Waals surface area contributed by atoms with Gasteiger partial charge in [0.15, 0.2) is 0 Å². The molecule has 1 aliphatic heterocycles. The Balaban J connectivity index is 3.70. The van der Waals surface area contributed by atoms with E-state index in [9.17, 15) is 57.5 Å². The van der Waals surface area contributed by atoms with Crippen LogP contribution in [-0.2, 0) is 14.3 Å². The van der Waals surface area contributed by atoms with Crippen molar-refractivity contribution in [1.29, 1.82) is 0 Å². The number of alkyl halides is 11. The minimum absolute atomic E-state index is 2.21. The van der Waals surface area contributed by atoms with E-state index in [-0.39, 0.29) is 0 Å². The van der Waals surface area contributed by atoms with E-state index < -0.39 is 42.1 Å². The highest BCUT2D eigenvalue weighted by atomic mass is 19.4. The Labute approximate surface area is 110 Å². The van der Waals surface area contributed by atoms with Gasteiger partial charge in [0, 0.05) is 0 Å². The molecule has 130 valence electrons. The number of hydrogen-bond donors (Lipinski definition) is 0. The van der Waals surface area contributed by atoms with E-state index in [1.165, 1.54) is 0 Å². The number of carbonyl (C=O) groups excluding carboxylic acids is 1. The van der Waals surface area contributed by atoms with Crippen molar-refractivity contribution in [3.05, 3.63) is 0 Å². The van der Waals surface area contributed by atoms with Crippen LogP contribution in [-0.4, -0.2) is 42.1 Å². The second kappa shape index (κ2) is 4.39. The molecule has 15 heteroatoms. The van der Waals surface area contributed by atoms with Crippen LogP contribution in [0.1, 0.15) is 0 Å². The molecule has 1 fully saturated rings. The number of halogens is 12. The quantitative estimate of drug-likeness (QED) is 0.532. The van der Waals surface area contributed by atoms with Crippen molar-refractivity contribution < 1.29 is 67.0 Å². The third-order valence-corrected chi connectivity index (χ3v) is 2.34. The second-order valence-corrected chi connectivity index (χ2v) is 3.78. The summed E-state index contributed by atoms with van der Waals surface area (Å²) in [5.41, 5.74) is 0. The fourth-order valence-corrected chi connectivity index (χ4v) is 1.34. The lowest BCUT2D eigenvalue weighted by Crippen LogP contribution is -2.62. The number of rotatable bonds is 1. The van der Waals surface area contributed by atoms with Crippen molar-refractivity contribution in [3.8, 4) is 0 Å². The number of ether oxygens (including phenoxy) is 2. The zero-order valence-corrected chi connectivity index (χ0v) is 9.26. The zero-order valence-electron chi connectivity index (χ0n) is 9.26. The standard InChI is InChI=1S/C7F12O3/c8-1(20)2(5(11,12)13)21-3(9,6(14,15)16)4(10,22-2)7(17,18)19. The molecule has 2 atom stereocenters. The van der Waals surface area contributed by atoms with Gasteiger partial charge in [0.1, 0.15) is 0 Å². The van der Waals surface area contributed by atoms with Crippen molar-refractivity contribution in [3.63, 3.8) is 0 Å². The van der Waals surface area contributed by atoms with E-state index in [0.717, 1.165) is 0 Å². The largest absolute Gasteiger partial charge is 0.455 e. The molecular formula is C7F12O3. The highest BCUT2D eigenvalue weighted by molar-refractivity contribution is 5.78. The Bertz CT molecular complexity index is 449. The van der Waals surface area contributed by atoms with E-state index in [0.29, 0.717) is 0 Å². The second-order valence-electron chi connectivity index (χ2n) is 3.78. The molecule has 1 rings (SSSR count). The maximum absolute atomic E-state index is 13.4. The zero-order chi connectivity index (χ0) is 18.0. The molecular weight excluding hydrogens is 360 g/mol. The van der Waals surface area contributed by atoms with Crippen molar-refractivity contribution in [2.45, 2.75) is 36.0 Å². The van der Waals surface area contributed by atoms with Crippen molar-refractivity contribution in [2.24, 2.45) is 0 Å². The maximum atomic E-state index is 13.4. The Kier molecular flexibility index (Phi) is 3.75. The molecule has 22 heavy (non-hydrogen) atoms. The first kappa shape index (κ1) is 18.8. The fourth-order valence-electron chi connectivity index (χ4n) is 1.34.